The number of pyridine rings is 1. The van der Waals surface area contributed by atoms with E-state index in [1.165, 1.54) is 4.88 Å². The van der Waals surface area contributed by atoms with Crippen molar-refractivity contribution in [3.8, 4) is 0 Å². The van der Waals surface area contributed by atoms with Crippen LogP contribution in [0.25, 0.3) is 0 Å². The molecule has 1 N–H and O–H groups in total. The Hall–Kier alpha value is -1.10. The number of halogens is 1. The van der Waals surface area contributed by atoms with E-state index >= 15 is 0 Å². The van der Waals surface area contributed by atoms with Gasteiger partial charge in [-0.05, 0) is 44.0 Å². The van der Waals surface area contributed by atoms with Crippen LogP contribution in [0.15, 0.2) is 29.6 Å². The van der Waals surface area contributed by atoms with E-state index in [4.69, 9.17) is 11.6 Å². The van der Waals surface area contributed by atoms with Gasteiger partial charge in [-0.15, -0.1) is 11.3 Å². The molecule has 0 atom stereocenters. The first-order chi connectivity index (χ1) is 9.69. The normalized spacial score (nSPS) is 11.0. The van der Waals surface area contributed by atoms with Crippen LogP contribution in [0.2, 0.25) is 5.02 Å². The van der Waals surface area contributed by atoms with Crippen LogP contribution in [0, 0.1) is 0 Å². The molecule has 0 bridgehead atoms. The fraction of sp³-hybridized carbons (Fsp3) is 0.400. The van der Waals surface area contributed by atoms with Gasteiger partial charge in [-0.25, -0.2) is 4.98 Å². The molecule has 2 aromatic rings. The summed E-state index contributed by atoms with van der Waals surface area (Å²) in [7, 11) is 2.10. The lowest BCUT2D eigenvalue weighted by Crippen LogP contribution is -2.21. The van der Waals surface area contributed by atoms with E-state index < -0.39 is 0 Å². The lowest BCUT2D eigenvalue weighted by molar-refractivity contribution is 0.328. The molecule has 0 saturated carbocycles. The van der Waals surface area contributed by atoms with Crippen LogP contribution in [0.4, 0.5) is 5.82 Å². The van der Waals surface area contributed by atoms with Crippen molar-refractivity contribution >= 4 is 28.8 Å². The minimum Gasteiger partial charge on any atom is -0.370 e. The van der Waals surface area contributed by atoms with Crippen molar-refractivity contribution < 1.29 is 0 Å². The summed E-state index contributed by atoms with van der Waals surface area (Å²) < 4.78 is 0. The number of nitrogens with one attached hydrogen (secondary N) is 1. The van der Waals surface area contributed by atoms with Crippen molar-refractivity contribution in [1.29, 1.82) is 0 Å². The van der Waals surface area contributed by atoms with E-state index in [1.807, 2.05) is 12.1 Å². The smallest absolute Gasteiger partial charge is 0.126 e. The van der Waals surface area contributed by atoms with Crippen LogP contribution >= 0.6 is 22.9 Å². The number of aromatic nitrogens is 1. The topological polar surface area (TPSA) is 28.2 Å². The van der Waals surface area contributed by atoms with Gasteiger partial charge in [0, 0.05) is 24.5 Å². The zero-order chi connectivity index (χ0) is 14.4. The van der Waals surface area contributed by atoms with E-state index in [0.29, 0.717) is 0 Å². The standard InChI is InChI=1S/C15H20ClN3S/c1-3-17-15-7-6-13(16)14(18-15)11-19(2)9-8-12-5-4-10-20-12/h4-7,10H,3,8-9,11H2,1-2H3,(H,17,18). The molecule has 2 heterocycles. The predicted octanol–water partition coefficient (Wildman–Crippen LogP) is 3.90. The first-order valence-corrected chi connectivity index (χ1v) is 8.05. The van der Waals surface area contributed by atoms with Crippen LogP contribution in [-0.4, -0.2) is 30.0 Å². The Labute approximate surface area is 129 Å². The van der Waals surface area contributed by atoms with Gasteiger partial charge < -0.3 is 10.2 Å². The van der Waals surface area contributed by atoms with Gasteiger partial charge >= 0.3 is 0 Å². The van der Waals surface area contributed by atoms with E-state index in [-0.39, 0.29) is 0 Å². The minimum atomic E-state index is 0.731. The average molecular weight is 310 g/mol. The van der Waals surface area contributed by atoms with Crippen LogP contribution in [-0.2, 0) is 13.0 Å². The average Bonchev–Trinajstić information content (AvgIpc) is 2.94. The third-order valence-corrected chi connectivity index (χ3v) is 4.30. The summed E-state index contributed by atoms with van der Waals surface area (Å²) in [6, 6.07) is 8.10. The van der Waals surface area contributed by atoms with Crippen LogP contribution in [0.3, 0.4) is 0 Å². The molecule has 0 aliphatic heterocycles. The molecule has 0 aliphatic carbocycles. The first kappa shape index (κ1) is 15.3. The number of likely N-dealkylation sites (N-methyl/N-ethyl adjacent to an activating group) is 1. The molecule has 108 valence electrons. The number of thiophene rings is 1. The van der Waals surface area contributed by atoms with Crippen molar-refractivity contribution in [2.24, 2.45) is 0 Å². The van der Waals surface area contributed by atoms with E-state index in [0.717, 1.165) is 42.6 Å². The van der Waals surface area contributed by atoms with E-state index in [2.05, 4.69) is 46.7 Å². The summed E-state index contributed by atoms with van der Waals surface area (Å²) >= 11 is 8.03. The van der Waals surface area contributed by atoms with E-state index in [1.54, 1.807) is 11.3 Å². The fourth-order valence-corrected chi connectivity index (χ4v) is 2.83. The molecule has 20 heavy (non-hydrogen) atoms. The molecule has 3 nitrogen and oxygen atoms in total. The summed E-state index contributed by atoms with van der Waals surface area (Å²) in [4.78, 5) is 8.23. The summed E-state index contributed by atoms with van der Waals surface area (Å²) in [5.74, 6) is 0.888. The Balaban J connectivity index is 1.92. The Morgan fingerprint density at radius 2 is 2.20 bits per heavy atom. The van der Waals surface area contributed by atoms with Crippen molar-refractivity contribution in [1.82, 2.24) is 9.88 Å². The highest BCUT2D eigenvalue weighted by Gasteiger charge is 2.08. The molecule has 0 aromatic carbocycles. The Morgan fingerprint density at radius 1 is 1.35 bits per heavy atom. The van der Waals surface area contributed by atoms with Gasteiger partial charge in [-0.1, -0.05) is 17.7 Å². The van der Waals surface area contributed by atoms with Gasteiger partial charge in [0.1, 0.15) is 5.82 Å². The second-order valence-electron chi connectivity index (χ2n) is 4.72. The predicted molar refractivity (Wildman–Crippen MR) is 87.8 cm³/mol. The minimum absolute atomic E-state index is 0.731. The lowest BCUT2D eigenvalue weighted by atomic mass is 10.3. The molecule has 2 aromatic heterocycles. The molecule has 5 heteroatoms. The van der Waals surface area contributed by atoms with Crippen LogP contribution in [0.1, 0.15) is 17.5 Å². The monoisotopic (exact) mass is 309 g/mol. The molecular formula is C15H20ClN3S. The highest BCUT2D eigenvalue weighted by Crippen LogP contribution is 2.18. The van der Waals surface area contributed by atoms with Crippen LogP contribution < -0.4 is 5.32 Å². The molecule has 0 unspecified atom stereocenters. The molecule has 0 aliphatic rings. The fourth-order valence-electron chi connectivity index (χ4n) is 1.97. The first-order valence-electron chi connectivity index (χ1n) is 6.79. The molecular weight excluding hydrogens is 290 g/mol. The second kappa shape index (κ2) is 7.62. The molecule has 0 fully saturated rings. The lowest BCUT2D eigenvalue weighted by Gasteiger charge is -2.17. The van der Waals surface area contributed by atoms with E-state index in [9.17, 15) is 0 Å². The largest absolute Gasteiger partial charge is 0.370 e. The molecule has 0 spiro atoms. The molecule has 0 amide bonds. The second-order valence-corrected chi connectivity index (χ2v) is 6.16. The number of hydrogen-bond donors (Lipinski definition) is 1. The summed E-state index contributed by atoms with van der Waals surface area (Å²) in [6.07, 6.45) is 1.07. The summed E-state index contributed by atoms with van der Waals surface area (Å²) in [5.41, 5.74) is 0.929. The van der Waals surface area contributed by atoms with Gasteiger partial charge in [0.05, 0.1) is 10.7 Å². The van der Waals surface area contributed by atoms with Gasteiger partial charge in [0.25, 0.3) is 0 Å². The Morgan fingerprint density at radius 3 is 2.90 bits per heavy atom. The molecule has 0 radical (unpaired) electrons. The summed E-state index contributed by atoms with van der Waals surface area (Å²) in [6.45, 7) is 4.69. The van der Waals surface area contributed by atoms with Gasteiger partial charge in [-0.3, -0.25) is 0 Å². The summed E-state index contributed by atoms with van der Waals surface area (Å²) in [5, 5.41) is 6.07. The zero-order valence-electron chi connectivity index (χ0n) is 11.9. The Kier molecular flexibility index (Phi) is 5.83. The zero-order valence-corrected chi connectivity index (χ0v) is 13.5. The highest BCUT2D eigenvalue weighted by atomic mass is 35.5. The van der Waals surface area contributed by atoms with Crippen LogP contribution in [0.5, 0.6) is 0 Å². The van der Waals surface area contributed by atoms with Crippen molar-refractivity contribution in [2.45, 2.75) is 19.9 Å². The van der Waals surface area contributed by atoms with Crippen molar-refractivity contribution in [2.75, 3.05) is 25.5 Å². The van der Waals surface area contributed by atoms with Gasteiger partial charge in [0.2, 0.25) is 0 Å². The van der Waals surface area contributed by atoms with Crippen molar-refractivity contribution in [3.63, 3.8) is 0 Å². The maximum absolute atomic E-state index is 6.23. The quantitative estimate of drug-likeness (QED) is 0.840. The molecule has 2 rings (SSSR count). The number of anilines is 1. The number of rotatable bonds is 7. The van der Waals surface area contributed by atoms with Gasteiger partial charge in [-0.2, -0.15) is 0 Å². The maximum Gasteiger partial charge on any atom is 0.126 e. The highest BCUT2D eigenvalue weighted by molar-refractivity contribution is 7.09. The third-order valence-electron chi connectivity index (χ3n) is 3.02. The SMILES string of the molecule is CCNc1ccc(Cl)c(CN(C)CCc2cccs2)n1. The van der Waals surface area contributed by atoms with Crippen molar-refractivity contribution in [3.05, 3.63) is 45.2 Å². The third kappa shape index (κ3) is 4.47. The number of hydrogen-bond acceptors (Lipinski definition) is 4. The number of nitrogens with zero attached hydrogens (tertiary/aromatic N) is 2. The Bertz CT molecular complexity index is 528. The molecule has 0 saturated heterocycles. The van der Waals surface area contributed by atoms with Gasteiger partial charge in [0.15, 0.2) is 0 Å². The maximum atomic E-state index is 6.23.